The van der Waals surface area contributed by atoms with Crippen LogP contribution in [0.4, 0.5) is 4.39 Å². The molecule has 0 radical (unpaired) electrons. The molecule has 0 amide bonds. The Kier molecular flexibility index (Phi) is 2.59. The second-order valence-electron chi connectivity index (χ2n) is 4.78. The first kappa shape index (κ1) is 10.7. The number of aromatic nitrogens is 2. The lowest BCUT2D eigenvalue weighted by Gasteiger charge is -2.28. The molecule has 1 aliphatic rings. The van der Waals surface area contributed by atoms with Gasteiger partial charge in [-0.15, -0.1) is 0 Å². The molecule has 1 saturated heterocycles. The molecule has 2 N–H and O–H groups in total. The second-order valence-corrected chi connectivity index (χ2v) is 4.78. The molecule has 1 fully saturated rings. The molecular formula is C13H16FN3. The summed E-state index contributed by atoms with van der Waals surface area (Å²) >= 11 is 0. The van der Waals surface area contributed by atoms with Crippen molar-refractivity contribution in [3.05, 3.63) is 29.5 Å². The van der Waals surface area contributed by atoms with Gasteiger partial charge in [-0.1, -0.05) is 0 Å². The Bertz CT molecular complexity index is 534. The number of hydrogen-bond acceptors (Lipinski definition) is 2. The van der Waals surface area contributed by atoms with Crippen LogP contribution in [0, 0.1) is 6.92 Å². The minimum absolute atomic E-state index is 0.0175. The molecule has 3 nitrogen and oxygen atoms in total. The Morgan fingerprint density at radius 3 is 3.12 bits per heavy atom. The molecule has 90 valence electrons. The van der Waals surface area contributed by atoms with Crippen molar-refractivity contribution in [3.63, 3.8) is 0 Å². The lowest BCUT2D eigenvalue weighted by molar-refractivity contribution is 0.231. The fourth-order valence-electron chi connectivity index (χ4n) is 2.69. The normalized spacial score (nSPS) is 25.3. The van der Waals surface area contributed by atoms with Crippen LogP contribution in [-0.2, 0) is 0 Å². The average Bonchev–Trinajstić information content (AvgIpc) is 2.76. The highest BCUT2D eigenvalue weighted by atomic mass is 19.1. The Morgan fingerprint density at radius 2 is 2.29 bits per heavy atom. The smallest absolute Gasteiger partial charge is 0.119 e. The third kappa shape index (κ3) is 1.82. The third-order valence-corrected chi connectivity index (χ3v) is 3.63. The summed E-state index contributed by atoms with van der Waals surface area (Å²) in [5, 5.41) is 11.2. The van der Waals surface area contributed by atoms with Crippen LogP contribution in [0.2, 0.25) is 0 Å². The Hall–Kier alpha value is -1.42. The van der Waals surface area contributed by atoms with Gasteiger partial charge in [-0.3, -0.25) is 5.10 Å². The minimum Gasteiger partial charge on any atom is -0.314 e. The monoisotopic (exact) mass is 233 g/mol. The van der Waals surface area contributed by atoms with Crippen molar-refractivity contribution in [1.29, 1.82) is 0 Å². The Labute approximate surface area is 99.4 Å². The molecule has 2 heterocycles. The number of aromatic amines is 1. The highest BCUT2D eigenvalue weighted by Gasteiger charge is 2.27. The fraction of sp³-hybridized carbons (Fsp3) is 0.462. The molecular weight excluding hydrogens is 217 g/mol. The van der Waals surface area contributed by atoms with E-state index in [4.69, 9.17) is 0 Å². The molecule has 0 bridgehead atoms. The van der Waals surface area contributed by atoms with Gasteiger partial charge in [0.05, 0.1) is 11.7 Å². The van der Waals surface area contributed by atoms with E-state index in [9.17, 15) is 4.39 Å². The summed E-state index contributed by atoms with van der Waals surface area (Å²) in [5.41, 5.74) is 3.28. The van der Waals surface area contributed by atoms with Gasteiger partial charge in [0.1, 0.15) is 6.17 Å². The lowest BCUT2D eigenvalue weighted by Crippen LogP contribution is -2.36. The lowest BCUT2D eigenvalue weighted by atomic mass is 9.85. The van der Waals surface area contributed by atoms with E-state index >= 15 is 0 Å². The standard InChI is InChI=1S/C13H16FN3/c1-8-4-9-6-16-17-13(9)5-11(8)10-2-3-15-7-12(10)14/h4-6,10,12,15H,2-3,7H2,1H3,(H,16,17)/t10-,12-/m0/s1. The number of nitrogens with one attached hydrogen (secondary N) is 2. The Balaban J connectivity index is 2.05. The van der Waals surface area contributed by atoms with E-state index in [1.807, 2.05) is 6.20 Å². The molecule has 2 aromatic rings. The number of piperidine rings is 1. The van der Waals surface area contributed by atoms with Crippen LogP contribution < -0.4 is 5.32 Å². The number of nitrogens with zero attached hydrogens (tertiary/aromatic N) is 1. The second kappa shape index (κ2) is 4.11. The van der Waals surface area contributed by atoms with Gasteiger partial charge in [-0.25, -0.2) is 4.39 Å². The van der Waals surface area contributed by atoms with Gasteiger partial charge in [0.25, 0.3) is 0 Å². The highest BCUT2D eigenvalue weighted by Crippen LogP contribution is 2.32. The number of rotatable bonds is 1. The number of H-pyrrole nitrogens is 1. The van der Waals surface area contributed by atoms with Crippen LogP contribution in [-0.4, -0.2) is 29.5 Å². The summed E-state index contributed by atoms with van der Waals surface area (Å²) in [6.45, 7) is 3.41. The van der Waals surface area contributed by atoms with Gasteiger partial charge in [-0.05, 0) is 43.1 Å². The number of aryl methyl sites for hydroxylation is 1. The van der Waals surface area contributed by atoms with E-state index in [2.05, 4.69) is 34.6 Å². The van der Waals surface area contributed by atoms with E-state index in [0.29, 0.717) is 6.54 Å². The number of fused-ring (bicyclic) bond motifs is 1. The maximum atomic E-state index is 14.0. The first-order valence-corrected chi connectivity index (χ1v) is 6.04. The van der Waals surface area contributed by atoms with Crippen LogP contribution in [0.15, 0.2) is 18.3 Å². The number of halogens is 1. The largest absolute Gasteiger partial charge is 0.314 e. The van der Waals surface area contributed by atoms with Crippen molar-refractivity contribution in [2.75, 3.05) is 13.1 Å². The van der Waals surface area contributed by atoms with E-state index in [-0.39, 0.29) is 5.92 Å². The first-order chi connectivity index (χ1) is 8.25. The molecule has 1 aromatic heterocycles. The van der Waals surface area contributed by atoms with E-state index in [1.165, 1.54) is 0 Å². The maximum Gasteiger partial charge on any atom is 0.119 e. The van der Waals surface area contributed by atoms with Gasteiger partial charge in [0, 0.05) is 17.8 Å². The van der Waals surface area contributed by atoms with Crippen molar-refractivity contribution in [1.82, 2.24) is 15.5 Å². The summed E-state index contributed by atoms with van der Waals surface area (Å²) < 4.78 is 14.0. The molecule has 1 aliphatic heterocycles. The van der Waals surface area contributed by atoms with Gasteiger partial charge in [0.15, 0.2) is 0 Å². The molecule has 4 heteroatoms. The van der Waals surface area contributed by atoms with E-state index < -0.39 is 6.17 Å². The minimum atomic E-state index is -0.789. The van der Waals surface area contributed by atoms with Crippen LogP contribution >= 0.6 is 0 Å². The molecule has 3 rings (SSSR count). The quantitative estimate of drug-likeness (QED) is 0.793. The van der Waals surface area contributed by atoms with E-state index in [0.717, 1.165) is 35.0 Å². The van der Waals surface area contributed by atoms with Crippen LogP contribution in [0.25, 0.3) is 10.9 Å². The molecule has 0 unspecified atom stereocenters. The maximum absolute atomic E-state index is 14.0. The van der Waals surface area contributed by atoms with Gasteiger partial charge < -0.3 is 5.32 Å². The molecule has 17 heavy (non-hydrogen) atoms. The van der Waals surface area contributed by atoms with E-state index in [1.54, 1.807) is 0 Å². The fourth-order valence-corrected chi connectivity index (χ4v) is 2.69. The van der Waals surface area contributed by atoms with Crippen LogP contribution in [0.3, 0.4) is 0 Å². The van der Waals surface area contributed by atoms with Crippen molar-refractivity contribution in [2.45, 2.75) is 25.4 Å². The van der Waals surface area contributed by atoms with Gasteiger partial charge in [0.2, 0.25) is 0 Å². The molecule has 1 aromatic carbocycles. The third-order valence-electron chi connectivity index (χ3n) is 3.63. The van der Waals surface area contributed by atoms with Crippen molar-refractivity contribution in [3.8, 4) is 0 Å². The van der Waals surface area contributed by atoms with Gasteiger partial charge in [-0.2, -0.15) is 5.10 Å². The molecule has 2 atom stereocenters. The summed E-state index contributed by atoms with van der Waals surface area (Å²) in [6, 6.07) is 4.14. The zero-order valence-corrected chi connectivity index (χ0v) is 9.83. The summed E-state index contributed by atoms with van der Waals surface area (Å²) in [5.74, 6) is 0.0175. The SMILES string of the molecule is Cc1cc2cn[nH]c2cc1[C@@H]1CCNC[C@@H]1F. The topological polar surface area (TPSA) is 40.7 Å². The number of benzene rings is 1. The first-order valence-electron chi connectivity index (χ1n) is 6.04. The van der Waals surface area contributed by atoms with Gasteiger partial charge >= 0.3 is 0 Å². The summed E-state index contributed by atoms with van der Waals surface area (Å²) in [4.78, 5) is 0. The molecule has 0 saturated carbocycles. The van der Waals surface area contributed by atoms with Crippen molar-refractivity contribution >= 4 is 10.9 Å². The summed E-state index contributed by atoms with van der Waals surface area (Å²) in [6.07, 6.45) is 1.88. The summed E-state index contributed by atoms with van der Waals surface area (Å²) in [7, 11) is 0. The average molecular weight is 233 g/mol. The Morgan fingerprint density at radius 1 is 1.41 bits per heavy atom. The zero-order chi connectivity index (χ0) is 11.8. The van der Waals surface area contributed by atoms with Crippen molar-refractivity contribution < 1.29 is 4.39 Å². The molecule has 0 spiro atoms. The number of alkyl halides is 1. The molecule has 0 aliphatic carbocycles. The predicted molar refractivity (Wildman–Crippen MR) is 66.0 cm³/mol. The predicted octanol–water partition coefficient (Wildman–Crippen LogP) is 2.29. The van der Waals surface area contributed by atoms with Crippen LogP contribution in [0.1, 0.15) is 23.5 Å². The van der Waals surface area contributed by atoms with Crippen LogP contribution in [0.5, 0.6) is 0 Å². The van der Waals surface area contributed by atoms with Crippen molar-refractivity contribution in [2.24, 2.45) is 0 Å². The zero-order valence-electron chi connectivity index (χ0n) is 9.83. The number of hydrogen-bond donors (Lipinski definition) is 2. The highest BCUT2D eigenvalue weighted by molar-refractivity contribution is 5.79.